The normalized spacial score (nSPS) is 24.6. The lowest BCUT2D eigenvalue weighted by atomic mass is 9.76. The number of carbonyl (C=O) groups excluding carboxylic acids is 2. The van der Waals surface area contributed by atoms with Crippen LogP contribution in [0, 0.1) is 18.8 Å². The second kappa shape index (κ2) is 8.35. The number of hydrogen-bond acceptors (Lipinski definition) is 6. The monoisotopic (exact) mass is 454 g/mol. The first-order chi connectivity index (χ1) is 15.9. The number of amides is 2. The number of carbonyl (C=O) groups is 2. The highest BCUT2D eigenvalue weighted by molar-refractivity contribution is 5.83. The van der Waals surface area contributed by atoms with Gasteiger partial charge in [-0.25, -0.2) is 4.98 Å². The molecule has 2 aromatic rings. The molecule has 0 spiro atoms. The van der Waals surface area contributed by atoms with Crippen LogP contribution in [0.5, 0.6) is 11.5 Å². The summed E-state index contributed by atoms with van der Waals surface area (Å²) >= 11 is 0. The van der Waals surface area contributed by atoms with Crippen LogP contribution in [-0.2, 0) is 16.1 Å². The van der Waals surface area contributed by atoms with E-state index in [9.17, 15) is 14.4 Å². The highest BCUT2D eigenvalue weighted by Crippen LogP contribution is 2.38. The number of aryl methyl sites for hydroxylation is 1. The van der Waals surface area contributed by atoms with E-state index in [4.69, 9.17) is 9.47 Å². The zero-order chi connectivity index (χ0) is 23.3. The molecule has 1 aromatic heterocycles. The Morgan fingerprint density at radius 3 is 2.64 bits per heavy atom. The second-order valence-electron chi connectivity index (χ2n) is 9.44. The number of methoxy groups -OCH3 is 2. The second-order valence-corrected chi connectivity index (χ2v) is 9.44. The van der Waals surface area contributed by atoms with Gasteiger partial charge in [-0.3, -0.25) is 19.0 Å². The number of aromatic nitrogens is 2. The highest BCUT2D eigenvalue weighted by atomic mass is 16.5. The molecule has 3 unspecified atom stereocenters. The summed E-state index contributed by atoms with van der Waals surface area (Å²) in [5.74, 6) is 2.23. The van der Waals surface area contributed by atoms with E-state index < -0.39 is 0 Å². The lowest BCUT2D eigenvalue weighted by Gasteiger charge is -2.52. The average Bonchev–Trinajstić information content (AvgIpc) is 2.81. The molecule has 0 N–H and O–H groups in total. The van der Waals surface area contributed by atoms with Crippen LogP contribution in [0.25, 0.3) is 10.9 Å². The summed E-state index contributed by atoms with van der Waals surface area (Å²) in [5.41, 5.74) is 0.237. The molecule has 3 aliphatic heterocycles. The molecule has 0 radical (unpaired) electrons. The molecule has 176 valence electrons. The van der Waals surface area contributed by atoms with E-state index >= 15 is 0 Å². The summed E-state index contributed by atoms with van der Waals surface area (Å²) in [6, 6.07) is 3.54. The van der Waals surface area contributed by atoms with Crippen LogP contribution >= 0.6 is 0 Å². The third kappa shape index (κ3) is 3.73. The SMILES string of the molecule is COc1cc2nc(C)n(CC(=O)N3CC4CC(C3)C3CCCC(=O)N3C4)c(=O)c2cc1OC. The fourth-order valence-electron chi connectivity index (χ4n) is 5.89. The molecule has 3 fully saturated rings. The number of likely N-dealkylation sites (tertiary alicyclic amines) is 1. The summed E-state index contributed by atoms with van der Waals surface area (Å²) in [6.45, 7) is 3.70. The summed E-state index contributed by atoms with van der Waals surface area (Å²) in [4.78, 5) is 47.4. The quantitative estimate of drug-likeness (QED) is 0.696. The number of fused-ring (bicyclic) bond motifs is 5. The van der Waals surface area contributed by atoms with Gasteiger partial charge in [0.15, 0.2) is 11.5 Å². The Morgan fingerprint density at radius 1 is 1.12 bits per heavy atom. The van der Waals surface area contributed by atoms with Crippen molar-refractivity contribution in [3.63, 3.8) is 0 Å². The summed E-state index contributed by atoms with van der Waals surface area (Å²) in [7, 11) is 3.05. The maximum atomic E-state index is 13.3. The van der Waals surface area contributed by atoms with Crippen molar-refractivity contribution in [2.45, 2.75) is 45.2 Å². The third-order valence-corrected chi connectivity index (χ3v) is 7.48. The van der Waals surface area contributed by atoms with Crippen LogP contribution < -0.4 is 15.0 Å². The van der Waals surface area contributed by atoms with Gasteiger partial charge in [0, 0.05) is 38.2 Å². The first-order valence-corrected chi connectivity index (χ1v) is 11.6. The first-order valence-electron chi connectivity index (χ1n) is 11.6. The van der Waals surface area contributed by atoms with E-state index in [-0.39, 0.29) is 30.0 Å². The minimum absolute atomic E-state index is 0.0469. The Kier molecular flexibility index (Phi) is 5.50. The van der Waals surface area contributed by atoms with Crippen molar-refractivity contribution in [2.75, 3.05) is 33.9 Å². The summed E-state index contributed by atoms with van der Waals surface area (Å²) < 4.78 is 12.1. The first kappa shape index (κ1) is 21.7. The lowest BCUT2D eigenvalue weighted by molar-refractivity contribution is -0.149. The Hall–Kier alpha value is -3.10. The van der Waals surface area contributed by atoms with Gasteiger partial charge in [0.1, 0.15) is 12.4 Å². The number of nitrogens with zero attached hydrogens (tertiary/aromatic N) is 4. The maximum absolute atomic E-state index is 13.3. The van der Waals surface area contributed by atoms with Gasteiger partial charge in [0.25, 0.3) is 5.56 Å². The molecule has 1 aromatic carbocycles. The molecule has 2 amide bonds. The predicted octanol–water partition coefficient (Wildman–Crippen LogP) is 1.58. The Bertz CT molecular complexity index is 1180. The molecule has 9 heteroatoms. The number of piperidine rings is 3. The molecule has 3 aliphatic rings. The largest absolute Gasteiger partial charge is 0.493 e. The van der Waals surface area contributed by atoms with Crippen molar-refractivity contribution in [3.8, 4) is 11.5 Å². The fraction of sp³-hybridized carbons (Fsp3) is 0.583. The molecule has 0 aliphatic carbocycles. The molecular formula is C24H30N4O5. The molecule has 9 nitrogen and oxygen atoms in total. The van der Waals surface area contributed by atoms with Crippen LogP contribution in [0.15, 0.2) is 16.9 Å². The van der Waals surface area contributed by atoms with Crippen molar-refractivity contribution in [2.24, 2.45) is 11.8 Å². The van der Waals surface area contributed by atoms with Crippen molar-refractivity contribution in [3.05, 3.63) is 28.3 Å². The lowest BCUT2D eigenvalue weighted by Crippen LogP contribution is -2.61. The number of rotatable bonds is 4. The van der Waals surface area contributed by atoms with Gasteiger partial charge in [-0.05, 0) is 44.1 Å². The Balaban J connectivity index is 1.39. The van der Waals surface area contributed by atoms with Crippen molar-refractivity contribution >= 4 is 22.7 Å². The highest BCUT2D eigenvalue weighted by Gasteiger charge is 2.44. The molecule has 3 atom stereocenters. The molecule has 3 saturated heterocycles. The van der Waals surface area contributed by atoms with Gasteiger partial charge in [-0.2, -0.15) is 0 Å². The molecule has 2 bridgehead atoms. The van der Waals surface area contributed by atoms with E-state index in [1.54, 1.807) is 19.1 Å². The van der Waals surface area contributed by atoms with E-state index in [1.165, 1.54) is 18.8 Å². The number of hydrogen-bond donors (Lipinski definition) is 0. The van der Waals surface area contributed by atoms with Gasteiger partial charge in [-0.1, -0.05) is 0 Å². The van der Waals surface area contributed by atoms with Crippen molar-refractivity contribution in [1.29, 1.82) is 0 Å². The Morgan fingerprint density at radius 2 is 1.88 bits per heavy atom. The summed E-state index contributed by atoms with van der Waals surface area (Å²) in [5, 5.41) is 0.387. The van der Waals surface area contributed by atoms with Crippen LogP contribution in [0.2, 0.25) is 0 Å². The van der Waals surface area contributed by atoms with Gasteiger partial charge in [0.2, 0.25) is 11.8 Å². The van der Waals surface area contributed by atoms with E-state index in [1.807, 2.05) is 4.90 Å². The number of benzene rings is 1. The van der Waals surface area contributed by atoms with E-state index in [0.717, 1.165) is 25.8 Å². The van der Waals surface area contributed by atoms with Crippen LogP contribution in [-0.4, -0.2) is 71.1 Å². The zero-order valence-electron chi connectivity index (χ0n) is 19.4. The smallest absolute Gasteiger partial charge is 0.262 e. The predicted molar refractivity (Wildman–Crippen MR) is 121 cm³/mol. The van der Waals surface area contributed by atoms with Gasteiger partial charge >= 0.3 is 0 Å². The third-order valence-electron chi connectivity index (χ3n) is 7.48. The molecular weight excluding hydrogens is 424 g/mol. The van der Waals surface area contributed by atoms with Crippen LogP contribution in [0.3, 0.4) is 0 Å². The fourth-order valence-corrected chi connectivity index (χ4v) is 5.89. The van der Waals surface area contributed by atoms with E-state index in [2.05, 4.69) is 9.88 Å². The minimum Gasteiger partial charge on any atom is -0.493 e. The van der Waals surface area contributed by atoms with Gasteiger partial charge < -0.3 is 19.3 Å². The molecule has 5 rings (SSSR count). The molecule has 33 heavy (non-hydrogen) atoms. The zero-order valence-corrected chi connectivity index (χ0v) is 19.4. The van der Waals surface area contributed by atoms with Crippen LogP contribution in [0.4, 0.5) is 0 Å². The number of ether oxygens (including phenoxy) is 2. The summed E-state index contributed by atoms with van der Waals surface area (Å²) in [6.07, 6.45) is 3.66. The maximum Gasteiger partial charge on any atom is 0.262 e. The van der Waals surface area contributed by atoms with Crippen molar-refractivity contribution in [1.82, 2.24) is 19.4 Å². The van der Waals surface area contributed by atoms with Crippen molar-refractivity contribution < 1.29 is 19.1 Å². The molecule has 4 heterocycles. The van der Waals surface area contributed by atoms with Gasteiger partial charge in [-0.15, -0.1) is 0 Å². The molecule has 0 saturated carbocycles. The Labute approximate surface area is 192 Å². The minimum atomic E-state index is -0.270. The van der Waals surface area contributed by atoms with Gasteiger partial charge in [0.05, 0.1) is 25.1 Å². The standard InChI is InChI=1S/C24H30N4O5/c1-14-25-18-9-21(33-3)20(32-2)8-17(18)24(31)27(14)13-23(30)26-10-15-7-16(12-26)19-5-4-6-22(29)28(19)11-15/h8-9,15-16,19H,4-7,10-13H2,1-3H3. The van der Waals surface area contributed by atoms with E-state index in [0.29, 0.717) is 59.6 Å². The average molecular weight is 455 g/mol. The van der Waals surface area contributed by atoms with Crippen LogP contribution in [0.1, 0.15) is 31.5 Å². The topological polar surface area (TPSA) is 94.0 Å².